The molecule has 2 heterocycles. The lowest BCUT2D eigenvalue weighted by Crippen LogP contribution is -2.41. The van der Waals surface area contributed by atoms with E-state index in [2.05, 4.69) is 0 Å². The van der Waals surface area contributed by atoms with E-state index < -0.39 is 12.0 Å². The number of ether oxygens (including phenoxy) is 2. The number of halogens is 2. The maximum Gasteiger partial charge on any atom is 0.328 e. The lowest BCUT2D eigenvalue weighted by Gasteiger charge is -2.22. The molecule has 1 aromatic carbocycles. The largest absolute Gasteiger partial charge is 0.488 e. The summed E-state index contributed by atoms with van der Waals surface area (Å²) in [6.07, 6.45) is 2.73. The first-order valence-electron chi connectivity index (χ1n) is 8.15. The van der Waals surface area contributed by atoms with E-state index in [1.807, 2.05) is 0 Å². The van der Waals surface area contributed by atoms with Crippen molar-refractivity contribution in [1.82, 2.24) is 4.90 Å². The van der Waals surface area contributed by atoms with Crippen LogP contribution in [0.5, 0.6) is 5.75 Å². The standard InChI is InChI=1S/C18H17Cl2NO5/c19-12-5-6-15(13(20)11-12)25-9-10-26-18(23)14-3-1-7-21(14)17(22)16-4-2-8-24-16/h2,4-6,8,11,14H,1,3,7,9-10H2/t14-/m0/s1. The number of rotatable bonds is 6. The van der Waals surface area contributed by atoms with Gasteiger partial charge in [-0.25, -0.2) is 4.79 Å². The van der Waals surface area contributed by atoms with Gasteiger partial charge in [-0.05, 0) is 43.2 Å². The molecule has 1 fully saturated rings. The molecule has 2 aromatic rings. The minimum absolute atomic E-state index is 0.0526. The molecule has 0 radical (unpaired) electrons. The Bertz CT molecular complexity index is 778. The molecule has 1 amide bonds. The highest BCUT2D eigenvalue weighted by Crippen LogP contribution is 2.27. The number of hydrogen-bond donors (Lipinski definition) is 0. The number of likely N-dealkylation sites (tertiary alicyclic amines) is 1. The average Bonchev–Trinajstić information content (AvgIpc) is 3.31. The van der Waals surface area contributed by atoms with Gasteiger partial charge < -0.3 is 18.8 Å². The Balaban J connectivity index is 1.49. The first kappa shape index (κ1) is 18.6. The number of furan rings is 1. The molecule has 26 heavy (non-hydrogen) atoms. The molecule has 1 aromatic heterocycles. The van der Waals surface area contributed by atoms with Crippen LogP contribution in [0.2, 0.25) is 10.0 Å². The molecule has 0 saturated carbocycles. The van der Waals surface area contributed by atoms with Gasteiger partial charge in [0.2, 0.25) is 0 Å². The van der Waals surface area contributed by atoms with Crippen LogP contribution < -0.4 is 4.74 Å². The summed E-state index contributed by atoms with van der Waals surface area (Å²) in [5.41, 5.74) is 0. The van der Waals surface area contributed by atoms with Crippen LogP contribution in [-0.2, 0) is 9.53 Å². The molecule has 0 spiro atoms. The average molecular weight is 398 g/mol. The second kappa shape index (κ2) is 8.47. The maximum absolute atomic E-state index is 12.4. The van der Waals surface area contributed by atoms with E-state index in [-0.39, 0.29) is 24.9 Å². The summed E-state index contributed by atoms with van der Waals surface area (Å²) in [7, 11) is 0. The summed E-state index contributed by atoms with van der Waals surface area (Å²) in [4.78, 5) is 26.2. The lowest BCUT2D eigenvalue weighted by molar-refractivity contribution is -0.148. The van der Waals surface area contributed by atoms with Gasteiger partial charge in [0.15, 0.2) is 5.76 Å². The molecular formula is C18H17Cl2NO5. The van der Waals surface area contributed by atoms with Crippen LogP contribution in [0.25, 0.3) is 0 Å². The zero-order valence-corrected chi connectivity index (χ0v) is 15.3. The first-order valence-corrected chi connectivity index (χ1v) is 8.91. The Labute approximate surface area is 160 Å². The van der Waals surface area contributed by atoms with E-state index in [4.69, 9.17) is 37.1 Å². The molecule has 0 bridgehead atoms. The minimum atomic E-state index is -0.605. The van der Waals surface area contributed by atoms with E-state index in [1.165, 1.54) is 11.2 Å². The molecule has 0 unspecified atom stereocenters. The maximum atomic E-state index is 12.4. The van der Waals surface area contributed by atoms with Crippen LogP contribution in [0, 0.1) is 0 Å². The van der Waals surface area contributed by atoms with E-state index in [9.17, 15) is 9.59 Å². The van der Waals surface area contributed by atoms with Crippen LogP contribution in [0.15, 0.2) is 41.0 Å². The Morgan fingerprint density at radius 2 is 2.08 bits per heavy atom. The topological polar surface area (TPSA) is 69.0 Å². The number of benzene rings is 1. The SMILES string of the molecule is O=C(OCCOc1ccc(Cl)cc1Cl)[C@@H]1CCCN1C(=O)c1ccco1. The van der Waals surface area contributed by atoms with Gasteiger partial charge in [0, 0.05) is 11.6 Å². The minimum Gasteiger partial charge on any atom is -0.488 e. The predicted octanol–water partition coefficient (Wildman–Crippen LogP) is 3.81. The highest BCUT2D eigenvalue weighted by atomic mass is 35.5. The summed E-state index contributed by atoms with van der Waals surface area (Å²) < 4.78 is 15.8. The first-order chi connectivity index (χ1) is 12.6. The summed E-state index contributed by atoms with van der Waals surface area (Å²) in [6.45, 7) is 0.694. The van der Waals surface area contributed by atoms with Gasteiger partial charge in [-0.1, -0.05) is 23.2 Å². The van der Waals surface area contributed by atoms with Crippen LogP contribution >= 0.6 is 23.2 Å². The van der Waals surface area contributed by atoms with Crippen molar-refractivity contribution in [2.24, 2.45) is 0 Å². The van der Waals surface area contributed by atoms with Crippen molar-refractivity contribution < 1.29 is 23.5 Å². The Morgan fingerprint density at radius 3 is 2.81 bits per heavy atom. The number of nitrogens with zero attached hydrogens (tertiary/aromatic N) is 1. The second-order valence-corrected chi connectivity index (χ2v) is 6.57. The number of esters is 1. The molecule has 8 heteroatoms. The fraction of sp³-hybridized carbons (Fsp3) is 0.333. The molecular weight excluding hydrogens is 381 g/mol. The van der Waals surface area contributed by atoms with Crippen LogP contribution in [0.1, 0.15) is 23.4 Å². The van der Waals surface area contributed by atoms with E-state index in [0.29, 0.717) is 28.8 Å². The van der Waals surface area contributed by atoms with Gasteiger partial charge in [-0.15, -0.1) is 0 Å². The number of carbonyl (C=O) groups excluding carboxylic acids is 2. The van der Waals surface area contributed by atoms with Gasteiger partial charge in [0.25, 0.3) is 5.91 Å². The van der Waals surface area contributed by atoms with Crippen molar-refractivity contribution in [2.45, 2.75) is 18.9 Å². The molecule has 6 nitrogen and oxygen atoms in total. The van der Waals surface area contributed by atoms with E-state index >= 15 is 0 Å². The molecule has 3 rings (SSSR count). The Hall–Kier alpha value is -2.18. The van der Waals surface area contributed by atoms with Gasteiger partial charge in [0.1, 0.15) is 25.0 Å². The van der Waals surface area contributed by atoms with E-state index in [1.54, 1.807) is 30.3 Å². The summed E-state index contributed by atoms with van der Waals surface area (Å²) >= 11 is 11.8. The number of carbonyl (C=O) groups is 2. The summed E-state index contributed by atoms with van der Waals surface area (Å²) in [5.74, 6) is -0.0834. The van der Waals surface area contributed by atoms with Crippen LogP contribution in [-0.4, -0.2) is 42.6 Å². The van der Waals surface area contributed by atoms with Crippen molar-refractivity contribution in [3.8, 4) is 5.75 Å². The Morgan fingerprint density at radius 1 is 1.23 bits per heavy atom. The number of hydrogen-bond acceptors (Lipinski definition) is 5. The van der Waals surface area contributed by atoms with Crippen molar-refractivity contribution in [2.75, 3.05) is 19.8 Å². The third-order valence-electron chi connectivity index (χ3n) is 4.00. The third-order valence-corrected chi connectivity index (χ3v) is 4.53. The molecule has 1 saturated heterocycles. The van der Waals surface area contributed by atoms with Gasteiger partial charge >= 0.3 is 5.97 Å². The lowest BCUT2D eigenvalue weighted by atomic mass is 10.2. The smallest absolute Gasteiger partial charge is 0.328 e. The van der Waals surface area contributed by atoms with E-state index in [0.717, 1.165) is 6.42 Å². The van der Waals surface area contributed by atoms with Gasteiger partial charge in [-0.3, -0.25) is 4.79 Å². The highest BCUT2D eigenvalue weighted by Gasteiger charge is 2.36. The molecule has 1 aliphatic heterocycles. The van der Waals surface area contributed by atoms with Gasteiger partial charge in [0.05, 0.1) is 11.3 Å². The summed E-state index contributed by atoms with van der Waals surface area (Å²) in [6, 6.07) is 7.48. The fourth-order valence-corrected chi connectivity index (χ4v) is 3.24. The monoisotopic (exact) mass is 397 g/mol. The van der Waals surface area contributed by atoms with Crippen LogP contribution in [0.3, 0.4) is 0 Å². The van der Waals surface area contributed by atoms with Crippen molar-refractivity contribution in [3.05, 3.63) is 52.4 Å². The van der Waals surface area contributed by atoms with Crippen LogP contribution in [0.4, 0.5) is 0 Å². The molecule has 0 N–H and O–H groups in total. The zero-order chi connectivity index (χ0) is 18.5. The molecule has 1 aliphatic rings. The molecule has 0 aliphatic carbocycles. The Kier molecular flexibility index (Phi) is 6.06. The second-order valence-electron chi connectivity index (χ2n) is 5.72. The molecule has 138 valence electrons. The molecule has 1 atom stereocenters. The van der Waals surface area contributed by atoms with Crippen molar-refractivity contribution in [1.29, 1.82) is 0 Å². The third kappa shape index (κ3) is 4.31. The number of amides is 1. The highest BCUT2D eigenvalue weighted by molar-refractivity contribution is 6.35. The predicted molar refractivity (Wildman–Crippen MR) is 95.7 cm³/mol. The van der Waals surface area contributed by atoms with Gasteiger partial charge in [-0.2, -0.15) is 0 Å². The van der Waals surface area contributed by atoms with Crippen molar-refractivity contribution >= 4 is 35.1 Å². The van der Waals surface area contributed by atoms with Crippen molar-refractivity contribution in [3.63, 3.8) is 0 Å². The quantitative estimate of drug-likeness (QED) is 0.547. The normalized spacial score (nSPS) is 16.5. The fourth-order valence-electron chi connectivity index (χ4n) is 2.78. The zero-order valence-electron chi connectivity index (χ0n) is 13.8. The summed E-state index contributed by atoms with van der Waals surface area (Å²) in [5, 5.41) is 0.895.